The highest BCUT2D eigenvalue weighted by Gasteiger charge is 2.10. The van der Waals surface area contributed by atoms with Gasteiger partial charge in [-0.05, 0) is 11.6 Å². The zero-order valence-corrected chi connectivity index (χ0v) is 5.91. The summed E-state index contributed by atoms with van der Waals surface area (Å²) in [5, 5.41) is 5.36. The molecule has 8 heteroatoms. The predicted octanol–water partition coefficient (Wildman–Crippen LogP) is 1.35. The van der Waals surface area contributed by atoms with E-state index >= 15 is 0 Å². The molecule has 3 nitrogen and oxygen atoms in total. The number of carboxylic acids is 1. The third-order valence-electron chi connectivity index (χ3n) is 0.310. The van der Waals surface area contributed by atoms with E-state index in [1.807, 2.05) is 0 Å². The van der Waals surface area contributed by atoms with Crippen LogP contribution >= 0.6 is 11.6 Å². The largest absolute Gasteiger partial charge is 0.477 e. The fraction of sp³-hybridized carbons (Fsp3) is 0.500. The average molecular weight is 213 g/mol. The van der Waals surface area contributed by atoms with Gasteiger partial charge in [0.15, 0.2) is 0 Å². The Bertz CT molecular complexity index is 200. The molecular weight excluding hydrogens is 207 g/mol. The van der Waals surface area contributed by atoms with Crippen molar-refractivity contribution in [1.82, 2.24) is 0 Å². The van der Waals surface area contributed by atoms with Crippen molar-refractivity contribution in [3.05, 3.63) is 0 Å². The van der Waals surface area contributed by atoms with Crippen LogP contribution in [0.25, 0.3) is 0 Å². The van der Waals surface area contributed by atoms with Crippen LogP contribution in [0.2, 0.25) is 0 Å². The van der Waals surface area contributed by atoms with Gasteiger partial charge in [0, 0.05) is 0 Å². The monoisotopic (exact) mass is 212 g/mol. The van der Waals surface area contributed by atoms with E-state index in [2.05, 4.69) is 11.6 Å². The molecule has 0 fully saturated rings. The summed E-state index contributed by atoms with van der Waals surface area (Å²) in [6, 6.07) is 0. The van der Waals surface area contributed by atoms with Gasteiger partial charge in [-0.25, -0.2) is 13.6 Å². The summed E-state index contributed by atoms with van der Waals surface area (Å²) in [6.07, 6.45) is -8.46. The van der Waals surface area contributed by atoms with Crippen molar-refractivity contribution >= 4 is 22.8 Å². The SMILES string of the molecule is [2H]C(F)(F)C(=O)Cl.[2H]C(F)(F)C(=O)O. The number of alkyl halides is 4. The molecule has 0 aromatic heterocycles. The first kappa shape index (κ1) is 9.24. The van der Waals surface area contributed by atoms with E-state index in [-0.39, 0.29) is 0 Å². The van der Waals surface area contributed by atoms with Gasteiger partial charge in [-0.3, -0.25) is 4.79 Å². The normalized spacial score (nSPS) is 13.4. The van der Waals surface area contributed by atoms with E-state index in [0.717, 1.165) is 0 Å². The van der Waals surface area contributed by atoms with E-state index in [0.29, 0.717) is 0 Å². The van der Waals surface area contributed by atoms with Gasteiger partial charge in [-0.2, -0.15) is 8.78 Å². The van der Waals surface area contributed by atoms with Crippen LogP contribution in [0.15, 0.2) is 0 Å². The highest BCUT2D eigenvalue weighted by Crippen LogP contribution is 1.95. The molecule has 0 spiro atoms. The second-order valence-electron chi connectivity index (χ2n) is 1.10. The summed E-state index contributed by atoms with van der Waals surface area (Å²) in [5.41, 5.74) is 0. The molecule has 72 valence electrons. The van der Waals surface area contributed by atoms with E-state index in [1.54, 1.807) is 0 Å². The Morgan fingerprint density at radius 2 is 1.42 bits per heavy atom. The minimum absolute atomic E-state index is 1.95. The standard InChI is InChI=1S/C2HClF2O.C2H2F2O2/c3-1(6)2(4)5;3-1(4)2(5)6/h2H;1H,(H,5,6)/i2D;1D. The molecule has 0 saturated heterocycles. The number of hydrogen-bond acceptors (Lipinski definition) is 2. The van der Waals surface area contributed by atoms with Crippen LogP contribution in [0, 0.1) is 0 Å². The van der Waals surface area contributed by atoms with Crippen molar-refractivity contribution in [2.75, 3.05) is 0 Å². The zero-order valence-electron chi connectivity index (χ0n) is 7.15. The van der Waals surface area contributed by atoms with Crippen LogP contribution < -0.4 is 0 Å². The van der Waals surface area contributed by atoms with E-state index < -0.39 is 24.0 Å². The molecule has 0 saturated carbocycles. The molecule has 0 heterocycles. The molecule has 12 heavy (non-hydrogen) atoms. The zero-order chi connectivity index (χ0) is 12.2. The Morgan fingerprint density at radius 1 is 1.25 bits per heavy atom. The third kappa shape index (κ3) is 11.9. The molecule has 0 bridgehead atoms. The number of carbonyl (C=O) groups is 2. The number of carboxylic acid groups (broad SMARTS) is 1. The Hall–Kier alpha value is -0.850. The lowest BCUT2D eigenvalue weighted by atomic mass is 10.7. The van der Waals surface area contributed by atoms with Crippen molar-refractivity contribution in [2.45, 2.75) is 12.8 Å². The van der Waals surface area contributed by atoms with Crippen LogP contribution in [0.1, 0.15) is 2.74 Å². The molecular formula is C4H3ClF4O3. The molecule has 0 aromatic carbocycles. The van der Waals surface area contributed by atoms with E-state index in [1.165, 1.54) is 0 Å². The highest BCUT2D eigenvalue weighted by molar-refractivity contribution is 6.64. The number of halogens is 5. The summed E-state index contributed by atoms with van der Waals surface area (Å²) in [4.78, 5) is 18.4. The number of rotatable bonds is 2. The maximum absolute atomic E-state index is 11.0. The first-order valence-corrected chi connectivity index (χ1v) is 2.45. The minimum Gasteiger partial charge on any atom is -0.477 e. The maximum Gasteiger partial charge on any atom is 0.371 e. The predicted molar refractivity (Wildman–Crippen MR) is 30.5 cm³/mol. The molecule has 0 aromatic rings. The van der Waals surface area contributed by atoms with Crippen LogP contribution in [0.3, 0.4) is 0 Å². The van der Waals surface area contributed by atoms with Gasteiger partial charge in [-0.1, -0.05) is 0 Å². The highest BCUT2D eigenvalue weighted by atomic mass is 35.5. The molecule has 1 N–H and O–H groups in total. The van der Waals surface area contributed by atoms with Crippen LogP contribution in [-0.4, -0.2) is 29.1 Å². The first-order valence-electron chi connectivity index (χ1n) is 3.08. The van der Waals surface area contributed by atoms with Gasteiger partial charge < -0.3 is 5.11 Å². The lowest BCUT2D eigenvalue weighted by Crippen LogP contribution is -2.06. The van der Waals surface area contributed by atoms with E-state index in [4.69, 9.17) is 12.6 Å². The van der Waals surface area contributed by atoms with Crippen molar-refractivity contribution in [1.29, 1.82) is 0 Å². The molecule has 0 radical (unpaired) electrons. The number of hydrogen-bond donors (Lipinski definition) is 1. The van der Waals surface area contributed by atoms with Crippen LogP contribution in [0.4, 0.5) is 17.6 Å². The third-order valence-corrected chi connectivity index (χ3v) is 0.453. The van der Waals surface area contributed by atoms with Gasteiger partial charge in [0.25, 0.3) is 5.24 Å². The summed E-state index contributed by atoms with van der Waals surface area (Å²) >= 11 is 4.18. The molecule has 0 rings (SSSR count). The molecule has 0 atom stereocenters. The van der Waals surface area contributed by atoms with Crippen molar-refractivity contribution in [2.24, 2.45) is 0 Å². The molecule has 0 amide bonds. The number of aliphatic carboxylic acids is 1. The van der Waals surface area contributed by atoms with Gasteiger partial charge in [0.1, 0.15) is 2.74 Å². The molecule has 0 aliphatic carbocycles. The Balaban J connectivity index is 0. The fourth-order valence-corrected chi connectivity index (χ4v) is 0. The van der Waals surface area contributed by atoms with Crippen molar-refractivity contribution in [3.8, 4) is 0 Å². The summed E-state index contributed by atoms with van der Waals surface area (Å²) in [5.74, 6) is -2.42. The molecule has 0 aliphatic rings. The fourth-order valence-electron chi connectivity index (χ4n) is 0. The van der Waals surface area contributed by atoms with Crippen molar-refractivity contribution in [3.63, 3.8) is 0 Å². The number of carbonyl (C=O) groups excluding carboxylic acids is 1. The van der Waals surface area contributed by atoms with Gasteiger partial charge in [-0.15, -0.1) is 0 Å². The Kier molecular flexibility index (Phi) is 5.26. The topological polar surface area (TPSA) is 54.4 Å². The minimum atomic E-state index is -4.33. The summed E-state index contributed by atoms with van der Waals surface area (Å²) < 4.78 is 54.9. The van der Waals surface area contributed by atoms with Crippen molar-refractivity contribution < 1.29 is 35.0 Å². The summed E-state index contributed by atoms with van der Waals surface area (Å²) in [7, 11) is 0. The van der Waals surface area contributed by atoms with E-state index in [9.17, 15) is 22.4 Å². The smallest absolute Gasteiger partial charge is 0.371 e. The second kappa shape index (κ2) is 6.84. The summed E-state index contributed by atoms with van der Waals surface area (Å²) in [6.45, 7) is 0. The van der Waals surface area contributed by atoms with Gasteiger partial charge >= 0.3 is 18.8 Å². The lowest BCUT2D eigenvalue weighted by Gasteiger charge is -1.81. The van der Waals surface area contributed by atoms with Gasteiger partial charge in [0.05, 0.1) is 0 Å². The molecule has 0 unspecified atom stereocenters. The van der Waals surface area contributed by atoms with Crippen LogP contribution in [0.5, 0.6) is 0 Å². The Labute approximate surface area is 71.7 Å². The van der Waals surface area contributed by atoms with Gasteiger partial charge in [0.2, 0.25) is 0 Å². The quantitative estimate of drug-likeness (QED) is 0.555. The Morgan fingerprint density at radius 3 is 1.42 bits per heavy atom. The lowest BCUT2D eigenvalue weighted by molar-refractivity contribution is -0.149. The van der Waals surface area contributed by atoms with Crippen LogP contribution in [-0.2, 0) is 9.59 Å². The average Bonchev–Trinajstić information content (AvgIpc) is 1.83. The molecule has 0 aliphatic heterocycles. The first-order chi connectivity index (χ1) is 5.89. The second-order valence-corrected chi connectivity index (χ2v) is 1.44. The maximum atomic E-state index is 11.0.